The molecule has 0 amide bonds. The number of nitrogens with zero attached hydrogens (tertiary/aromatic N) is 3. The standard InChI is InChI=1S/C17H18N6OS3/c24-12(9-21-15-18-5-6-25-15)10-26-17-23-22-16(27-17)20-8-11-7-19-14-4-2-1-3-13(11)14/h1-7,12,19,24H,8-10H2,(H,18,21)(H,20,22). The molecule has 140 valence electrons. The monoisotopic (exact) mass is 418 g/mol. The number of aromatic nitrogens is 4. The van der Waals surface area contributed by atoms with E-state index in [9.17, 15) is 5.11 Å². The van der Waals surface area contributed by atoms with E-state index < -0.39 is 6.10 Å². The zero-order valence-electron chi connectivity index (χ0n) is 14.3. The molecule has 4 rings (SSSR count). The first kappa shape index (κ1) is 18.2. The van der Waals surface area contributed by atoms with Crippen LogP contribution in [-0.2, 0) is 6.54 Å². The first-order valence-electron chi connectivity index (χ1n) is 8.34. The molecule has 0 fully saturated rings. The lowest BCUT2D eigenvalue weighted by Crippen LogP contribution is -2.21. The topological polar surface area (TPSA) is 98.8 Å². The summed E-state index contributed by atoms with van der Waals surface area (Å²) in [5.74, 6) is 0.551. The van der Waals surface area contributed by atoms with Crippen LogP contribution < -0.4 is 10.6 Å². The molecule has 0 radical (unpaired) electrons. The van der Waals surface area contributed by atoms with E-state index in [0.29, 0.717) is 18.8 Å². The molecule has 0 saturated heterocycles. The van der Waals surface area contributed by atoms with E-state index >= 15 is 0 Å². The van der Waals surface area contributed by atoms with Crippen molar-refractivity contribution in [2.45, 2.75) is 17.0 Å². The molecular weight excluding hydrogens is 400 g/mol. The Labute approximate surface area is 168 Å². The summed E-state index contributed by atoms with van der Waals surface area (Å²) in [5.41, 5.74) is 2.32. The van der Waals surface area contributed by atoms with E-state index in [-0.39, 0.29) is 0 Å². The molecule has 0 bridgehead atoms. The summed E-state index contributed by atoms with van der Waals surface area (Å²) >= 11 is 4.52. The number of rotatable bonds is 9. The summed E-state index contributed by atoms with van der Waals surface area (Å²) in [6.07, 6.45) is 3.27. The van der Waals surface area contributed by atoms with Gasteiger partial charge in [-0.15, -0.1) is 21.5 Å². The van der Waals surface area contributed by atoms with Gasteiger partial charge < -0.3 is 20.7 Å². The van der Waals surface area contributed by atoms with Crippen molar-refractivity contribution < 1.29 is 5.11 Å². The average Bonchev–Trinajstić information content (AvgIpc) is 3.44. The molecule has 0 aliphatic rings. The molecule has 4 aromatic rings. The van der Waals surface area contributed by atoms with Crippen LogP contribution in [0.5, 0.6) is 0 Å². The molecule has 0 aliphatic carbocycles. The molecule has 1 unspecified atom stereocenters. The third-order valence-electron chi connectivity index (χ3n) is 3.83. The molecular formula is C17H18N6OS3. The molecule has 27 heavy (non-hydrogen) atoms. The van der Waals surface area contributed by atoms with Crippen LogP contribution in [-0.4, -0.2) is 43.7 Å². The van der Waals surface area contributed by atoms with Crippen molar-refractivity contribution in [2.24, 2.45) is 0 Å². The van der Waals surface area contributed by atoms with Crippen LogP contribution in [0.2, 0.25) is 0 Å². The van der Waals surface area contributed by atoms with Gasteiger partial charge in [0.2, 0.25) is 5.13 Å². The lowest BCUT2D eigenvalue weighted by molar-refractivity contribution is 0.213. The van der Waals surface area contributed by atoms with Gasteiger partial charge >= 0.3 is 0 Å². The summed E-state index contributed by atoms with van der Waals surface area (Å²) in [4.78, 5) is 7.40. The third kappa shape index (κ3) is 4.78. The number of aliphatic hydroxyl groups is 1. The highest BCUT2D eigenvalue weighted by Crippen LogP contribution is 2.27. The Balaban J connectivity index is 1.24. The summed E-state index contributed by atoms with van der Waals surface area (Å²) in [7, 11) is 0. The van der Waals surface area contributed by atoms with Crippen LogP contribution in [0.3, 0.4) is 0 Å². The van der Waals surface area contributed by atoms with Crippen molar-refractivity contribution in [2.75, 3.05) is 22.9 Å². The van der Waals surface area contributed by atoms with Gasteiger partial charge in [-0.25, -0.2) is 4.98 Å². The Kier molecular flexibility index (Phi) is 5.87. The Hall–Kier alpha value is -2.14. The second-order valence-corrected chi connectivity index (χ2v) is 8.91. The van der Waals surface area contributed by atoms with Gasteiger partial charge in [0.1, 0.15) is 0 Å². The second kappa shape index (κ2) is 8.70. The fraction of sp³-hybridized carbons (Fsp3) is 0.235. The van der Waals surface area contributed by atoms with Crippen molar-refractivity contribution in [3.63, 3.8) is 0 Å². The normalized spacial score (nSPS) is 12.3. The van der Waals surface area contributed by atoms with E-state index in [1.165, 1.54) is 45.4 Å². The fourth-order valence-corrected chi connectivity index (χ4v) is 4.77. The van der Waals surface area contributed by atoms with Gasteiger partial charge in [0.15, 0.2) is 9.47 Å². The highest BCUT2D eigenvalue weighted by Gasteiger charge is 2.10. The second-order valence-electron chi connectivity index (χ2n) is 5.77. The third-order valence-corrected chi connectivity index (χ3v) is 6.72. The van der Waals surface area contributed by atoms with E-state index in [0.717, 1.165) is 20.1 Å². The SMILES string of the molecule is OC(CNc1nccs1)CSc1nnc(NCc2c[nH]c3ccccc23)s1. The van der Waals surface area contributed by atoms with Crippen molar-refractivity contribution in [1.82, 2.24) is 20.2 Å². The molecule has 10 heteroatoms. The van der Waals surface area contributed by atoms with Gasteiger partial charge in [-0.05, 0) is 11.6 Å². The number of nitrogens with one attached hydrogen (secondary N) is 3. The van der Waals surface area contributed by atoms with Gasteiger partial charge in [0.05, 0.1) is 6.10 Å². The van der Waals surface area contributed by atoms with Crippen molar-refractivity contribution in [1.29, 1.82) is 0 Å². The van der Waals surface area contributed by atoms with Crippen LogP contribution in [0.15, 0.2) is 46.4 Å². The highest BCUT2D eigenvalue weighted by molar-refractivity contribution is 8.01. The molecule has 3 aromatic heterocycles. The Morgan fingerprint density at radius 2 is 2.11 bits per heavy atom. The van der Waals surface area contributed by atoms with Gasteiger partial charge in [-0.3, -0.25) is 0 Å². The minimum Gasteiger partial charge on any atom is -0.390 e. The number of thiazole rings is 1. The number of hydrogen-bond acceptors (Lipinski definition) is 9. The number of aliphatic hydroxyl groups excluding tert-OH is 1. The van der Waals surface area contributed by atoms with Crippen molar-refractivity contribution in [3.05, 3.63) is 47.6 Å². The molecule has 0 saturated carbocycles. The quantitative estimate of drug-likeness (QED) is 0.308. The fourth-order valence-electron chi connectivity index (χ4n) is 2.53. The summed E-state index contributed by atoms with van der Waals surface area (Å²) in [5, 5.41) is 29.6. The average molecular weight is 419 g/mol. The molecule has 1 aromatic carbocycles. The predicted octanol–water partition coefficient (Wildman–Crippen LogP) is 3.65. The smallest absolute Gasteiger partial charge is 0.206 e. The van der Waals surface area contributed by atoms with Crippen molar-refractivity contribution in [3.8, 4) is 0 Å². The summed E-state index contributed by atoms with van der Waals surface area (Å²) < 4.78 is 0.838. The number of thioether (sulfide) groups is 1. The molecule has 0 aliphatic heterocycles. The van der Waals surface area contributed by atoms with Gasteiger partial charge in [0.25, 0.3) is 0 Å². The maximum absolute atomic E-state index is 10.1. The lowest BCUT2D eigenvalue weighted by Gasteiger charge is -2.09. The van der Waals surface area contributed by atoms with E-state index in [4.69, 9.17) is 0 Å². The highest BCUT2D eigenvalue weighted by atomic mass is 32.2. The predicted molar refractivity (Wildman–Crippen MR) is 113 cm³/mol. The molecule has 4 N–H and O–H groups in total. The first-order chi connectivity index (χ1) is 13.3. The zero-order valence-corrected chi connectivity index (χ0v) is 16.7. The number of hydrogen-bond donors (Lipinski definition) is 4. The molecule has 7 nitrogen and oxygen atoms in total. The van der Waals surface area contributed by atoms with Crippen LogP contribution in [0.25, 0.3) is 10.9 Å². The van der Waals surface area contributed by atoms with Gasteiger partial charge in [-0.2, -0.15) is 0 Å². The van der Waals surface area contributed by atoms with E-state index in [1.54, 1.807) is 6.20 Å². The number of aromatic amines is 1. The minimum atomic E-state index is -0.481. The summed E-state index contributed by atoms with van der Waals surface area (Å²) in [6.45, 7) is 1.15. The van der Waals surface area contributed by atoms with E-state index in [2.05, 4.69) is 42.9 Å². The number of fused-ring (bicyclic) bond motifs is 1. The van der Waals surface area contributed by atoms with Crippen LogP contribution in [0.1, 0.15) is 5.56 Å². The molecule has 0 spiro atoms. The van der Waals surface area contributed by atoms with Crippen LogP contribution in [0, 0.1) is 0 Å². The maximum Gasteiger partial charge on any atom is 0.206 e. The summed E-state index contributed by atoms with van der Waals surface area (Å²) in [6, 6.07) is 8.22. The van der Waals surface area contributed by atoms with Gasteiger partial charge in [-0.1, -0.05) is 41.3 Å². The lowest BCUT2D eigenvalue weighted by atomic mass is 10.2. The Morgan fingerprint density at radius 1 is 1.19 bits per heavy atom. The maximum atomic E-state index is 10.1. The van der Waals surface area contributed by atoms with Crippen LogP contribution >= 0.6 is 34.4 Å². The number of H-pyrrole nitrogens is 1. The van der Waals surface area contributed by atoms with Crippen LogP contribution in [0.4, 0.5) is 10.3 Å². The molecule has 1 atom stereocenters. The van der Waals surface area contributed by atoms with Gasteiger partial charge in [0, 0.05) is 47.5 Å². The van der Waals surface area contributed by atoms with Crippen molar-refractivity contribution >= 4 is 55.6 Å². The number of benzene rings is 1. The Bertz CT molecular complexity index is 984. The molecule has 3 heterocycles. The van der Waals surface area contributed by atoms with E-state index in [1.807, 2.05) is 23.7 Å². The largest absolute Gasteiger partial charge is 0.390 e. The number of anilines is 2. The zero-order chi connectivity index (χ0) is 18.5. The minimum absolute atomic E-state index is 0.463. The first-order valence-corrected chi connectivity index (χ1v) is 11.0. The number of para-hydroxylation sites is 1. The Morgan fingerprint density at radius 3 is 3.00 bits per heavy atom.